The molecular formula is C93H94FIN6O21S3. The molecule has 0 spiro atoms. The number of nitrogens with zero attached hydrogens (tertiary/aromatic N) is 6. The highest BCUT2D eigenvalue weighted by Crippen LogP contribution is 2.39. The van der Waals surface area contributed by atoms with E-state index < -0.39 is 36.2 Å². The molecule has 0 atom stereocenters. The maximum absolute atomic E-state index is 14.3. The summed E-state index contributed by atoms with van der Waals surface area (Å²) >= 11 is 2.22. The van der Waals surface area contributed by atoms with Gasteiger partial charge in [0.25, 0.3) is 30.4 Å². The van der Waals surface area contributed by atoms with E-state index in [0.717, 1.165) is 20.3 Å². The fourth-order valence-electron chi connectivity index (χ4n) is 11.8. The smallest absolute Gasteiger partial charge is 0.296 e. The summed E-state index contributed by atoms with van der Waals surface area (Å²) in [5, 5.41) is 0. The van der Waals surface area contributed by atoms with Gasteiger partial charge in [-0.1, -0.05) is 83.4 Å². The van der Waals surface area contributed by atoms with Crippen LogP contribution in [0.15, 0.2) is 276 Å². The number of ether oxygens (including phenoxy) is 9. The molecule has 32 heteroatoms. The second-order valence-electron chi connectivity index (χ2n) is 27.6. The normalized spacial score (nSPS) is 11.1. The molecule has 0 radical (unpaired) electrons. The van der Waals surface area contributed by atoms with Crippen molar-refractivity contribution < 1.29 is 99.2 Å². The molecule has 0 unspecified atom stereocenters. The molecule has 0 saturated carbocycles. The van der Waals surface area contributed by atoms with Gasteiger partial charge in [0.15, 0.2) is 11.6 Å². The number of hydrogen-bond acceptors (Lipinski definition) is 24. The monoisotopic (exact) mass is 1870 g/mol. The van der Waals surface area contributed by atoms with Gasteiger partial charge >= 0.3 is 0 Å². The number of carbonyl (C=O) groups excluding carboxylic acids is 3. The number of halogens is 2. The average molecular weight is 1870 g/mol. The Bertz CT molecular complexity index is 5950. The highest BCUT2D eigenvalue weighted by atomic mass is 127. The Morgan fingerprint density at radius 2 is 0.648 bits per heavy atom. The maximum Gasteiger partial charge on any atom is 0.296 e. The second-order valence-corrected chi connectivity index (χ2v) is 33.7. The third kappa shape index (κ3) is 28.2. The quantitative estimate of drug-likeness (QED) is 0.0196. The van der Waals surface area contributed by atoms with Crippen LogP contribution in [0.25, 0.3) is 0 Å². The number of carbonyl (C=O) groups is 3. The van der Waals surface area contributed by atoms with E-state index in [4.69, 9.17) is 55.2 Å². The predicted octanol–water partition coefficient (Wildman–Crippen LogP) is 18.5. The van der Waals surface area contributed by atoms with Gasteiger partial charge in [0.1, 0.15) is 63.1 Å². The fourth-order valence-corrected chi connectivity index (χ4v) is 15.0. The molecular weight excluding hydrogens is 1780 g/mol. The van der Waals surface area contributed by atoms with Crippen LogP contribution in [0.3, 0.4) is 0 Å². The highest BCUT2D eigenvalue weighted by molar-refractivity contribution is 14.1. The lowest BCUT2D eigenvalue weighted by Gasteiger charge is -2.24. The van der Waals surface area contributed by atoms with E-state index in [1.165, 1.54) is 87.5 Å². The van der Waals surface area contributed by atoms with Crippen LogP contribution >= 0.6 is 22.6 Å². The zero-order chi connectivity index (χ0) is 89.5. The Kier molecular flexibility index (Phi) is 35.0. The van der Waals surface area contributed by atoms with E-state index in [0.29, 0.717) is 92.6 Å². The minimum Gasteiger partial charge on any atom is -0.497 e. The van der Waals surface area contributed by atoms with Gasteiger partial charge in [-0.05, 0) is 219 Å². The van der Waals surface area contributed by atoms with Crippen molar-refractivity contribution in [3.63, 3.8) is 0 Å². The van der Waals surface area contributed by atoms with E-state index >= 15 is 0 Å². The van der Waals surface area contributed by atoms with Crippen LogP contribution < -0.4 is 57.3 Å². The Labute approximate surface area is 741 Å². The Hall–Kier alpha value is -12.6. The van der Waals surface area contributed by atoms with Crippen LogP contribution in [0.5, 0.6) is 69.4 Å². The summed E-state index contributed by atoms with van der Waals surface area (Å²) in [5.41, 5.74) is 6.15. The summed E-state index contributed by atoms with van der Waals surface area (Å²) in [6.45, 7) is 10.7. The van der Waals surface area contributed by atoms with E-state index in [9.17, 15) is 44.0 Å². The van der Waals surface area contributed by atoms with Crippen LogP contribution in [0.1, 0.15) is 73.4 Å². The first-order chi connectivity index (χ1) is 60.1. The lowest BCUT2D eigenvalue weighted by Crippen LogP contribution is -2.28. The van der Waals surface area contributed by atoms with Crippen molar-refractivity contribution in [3.8, 4) is 69.4 Å². The van der Waals surface area contributed by atoms with Crippen molar-refractivity contribution in [2.24, 2.45) is 0 Å². The summed E-state index contributed by atoms with van der Waals surface area (Å²) in [7, 11) is -6.96. The number of para-hydroxylation sites is 2. The molecule has 3 amide bonds. The van der Waals surface area contributed by atoms with E-state index in [1.807, 2.05) is 63.2 Å². The van der Waals surface area contributed by atoms with E-state index in [-0.39, 0.29) is 121 Å². The number of aromatic nitrogens is 3. The summed E-state index contributed by atoms with van der Waals surface area (Å²) in [5.74, 6) is 3.68. The van der Waals surface area contributed by atoms with Gasteiger partial charge in [0.2, 0.25) is 35.4 Å². The number of benzene rings is 9. The number of methoxy groups -OCH3 is 3. The minimum atomic E-state index is -3.88. The largest absolute Gasteiger partial charge is 0.497 e. The Morgan fingerprint density at radius 1 is 0.344 bits per heavy atom. The lowest BCUT2D eigenvalue weighted by molar-refractivity contribution is -0.117. The van der Waals surface area contributed by atoms with Crippen LogP contribution in [0.4, 0.5) is 21.5 Å². The van der Waals surface area contributed by atoms with E-state index in [2.05, 4.69) is 37.5 Å². The molecule has 0 fully saturated rings. The van der Waals surface area contributed by atoms with Crippen molar-refractivity contribution in [3.05, 3.63) is 304 Å². The zero-order valence-electron chi connectivity index (χ0n) is 70.0. The van der Waals surface area contributed by atoms with Gasteiger partial charge in [-0.2, -0.15) is 25.3 Å². The fraction of sp³-hybridized carbons (Fsp3) is 0.226. The molecule has 0 aliphatic heterocycles. The molecule has 0 saturated heterocycles. The first-order valence-corrected chi connectivity index (χ1v) is 44.5. The summed E-state index contributed by atoms with van der Waals surface area (Å²) in [6, 6.07) is 68.0. The van der Waals surface area contributed by atoms with Crippen LogP contribution in [-0.2, 0) is 76.9 Å². The molecule has 0 aliphatic carbocycles. The zero-order valence-corrected chi connectivity index (χ0v) is 74.7. The standard InChI is InChI=1S/C31H31FN2O7S.C31H31IN2O7S.C31H32N2O7S/c1-22-11-14-26(15-12-22)42(36,37)40-19-7-18-39-29-16-13-25(38-3)20-24(29)21-34(23(2)35)28-9-6-17-33-31(28)41-30-10-5-4-8-27(30)32;1-22-7-14-28(15-8-22)42(36,37)40-19-5-18-39-30-16-13-27(38-3)20-24(30)21-34(23(2)35)29-6-4-17-33-31(29)41-26-11-9-25(32)10-12-26;1-23-12-15-28(16-13-23)41(35,36)39-20-8-19-38-30-17-14-27(37-3)21-25(30)22-33(24(2)34)29-11-7-18-32-31(29)40-26-9-5-4-6-10-26/h4-6,8-17,20H,7,18-19,21H2,1-3H3;4,6-17,20H,5,18-19,21H2,1-3H3;4-7,9-18,21H,8,19-20,22H2,1-3H3. The van der Waals surface area contributed by atoms with Gasteiger partial charge in [0.05, 0.1) is 95.3 Å². The average Bonchev–Trinajstić information content (AvgIpc) is 0.810. The molecule has 0 N–H and O–H groups in total. The second kappa shape index (κ2) is 46.2. The van der Waals surface area contributed by atoms with Crippen molar-refractivity contribution >= 4 is 87.7 Å². The molecule has 12 rings (SSSR count). The van der Waals surface area contributed by atoms with Crippen LogP contribution in [-0.4, -0.2) is 119 Å². The molecule has 0 bridgehead atoms. The van der Waals surface area contributed by atoms with Gasteiger partial charge < -0.3 is 57.3 Å². The number of aryl methyl sites for hydroxylation is 3. The molecule has 654 valence electrons. The van der Waals surface area contributed by atoms with Crippen molar-refractivity contribution in [1.82, 2.24) is 15.0 Å². The minimum absolute atomic E-state index is 0.0297. The molecule has 125 heavy (non-hydrogen) atoms. The van der Waals surface area contributed by atoms with E-state index in [1.54, 1.807) is 188 Å². The van der Waals surface area contributed by atoms with Gasteiger partial charge in [-0.25, -0.2) is 19.3 Å². The molecule has 0 aliphatic rings. The third-order valence-electron chi connectivity index (χ3n) is 18.4. The molecule has 3 aromatic heterocycles. The summed E-state index contributed by atoms with van der Waals surface area (Å²) in [4.78, 5) is 56.4. The number of amides is 3. The van der Waals surface area contributed by atoms with Crippen LogP contribution in [0, 0.1) is 30.2 Å². The van der Waals surface area contributed by atoms with Gasteiger partial charge in [0, 0.05) is 78.9 Å². The molecule has 3 heterocycles. The maximum atomic E-state index is 14.3. The number of pyridine rings is 3. The lowest BCUT2D eigenvalue weighted by atomic mass is 10.1. The molecule has 27 nitrogen and oxygen atoms in total. The number of anilines is 3. The summed E-state index contributed by atoms with van der Waals surface area (Å²) in [6.07, 6.45) is 5.62. The first-order valence-electron chi connectivity index (χ1n) is 39.2. The topological polar surface area (TPSA) is 313 Å². The first kappa shape index (κ1) is 94.7. The van der Waals surface area contributed by atoms with Crippen molar-refractivity contribution in [2.75, 3.05) is 75.7 Å². The molecule has 9 aromatic carbocycles. The number of hydrogen-bond donors (Lipinski definition) is 0. The van der Waals surface area contributed by atoms with Crippen molar-refractivity contribution in [2.45, 2.75) is 95.1 Å². The van der Waals surface area contributed by atoms with Crippen LogP contribution in [0.2, 0.25) is 0 Å². The Morgan fingerprint density at radius 3 is 0.968 bits per heavy atom. The SMILES string of the molecule is COc1ccc(OCCCOS(=O)(=O)c2ccc(C)cc2)c(CN(C(C)=O)c2cccnc2Oc2ccc(I)cc2)c1.COc1ccc(OCCCOS(=O)(=O)c2ccc(C)cc2)c(CN(C(C)=O)c2cccnc2Oc2ccccc2)c1.COc1ccc(OCCCOS(=O)(=O)c2ccc(C)cc2)c(CN(C(C)=O)c2cccnc2Oc2ccccc2F)c1. The predicted molar refractivity (Wildman–Crippen MR) is 478 cm³/mol. The highest BCUT2D eigenvalue weighted by Gasteiger charge is 2.27. The number of rotatable bonds is 39. The Balaban J connectivity index is 0.000000196. The van der Waals surface area contributed by atoms with Gasteiger partial charge in [-0.3, -0.25) is 26.9 Å². The third-order valence-corrected chi connectivity index (χ3v) is 23.1. The van der Waals surface area contributed by atoms with Gasteiger partial charge in [-0.15, -0.1) is 0 Å². The van der Waals surface area contributed by atoms with Crippen molar-refractivity contribution in [1.29, 1.82) is 0 Å². The molecule has 12 aromatic rings. The summed E-state index contributed by atoms with van der Waals surface area (Å²) < 4.78 is 157.